The van der Waals surface area contributed by atoms with E-state index < -0.39 is 11.0 Å². The van der Waals surface area contributed by atoms with Crippen LogP contribution in [0.25, 0.3) is 16.7 Å². The van der Waals surface area contributed by atoms with Crippen LogP contribution in [0.1, 0.15) is 69.9 Å². The van der Waals surface area contributed by atoms with Crippen molar-refractivity contribution in [2.24, 2.45) is 0 Å². The van der Waals surface area contributed by atoms with E-state index in [4.69, 9.17) is 9.72 Å². The molecule has 2 aliphatic rings. The molecule has 2 unspecified atom stereocenters. The summed E-state index contributed by atoms with van der Waals surface area (Å²) < 4.78 is 7.44. The highest BCUT2D eigenvalue weighted by Crippen LogP contribution is 2.34. The van der Waals surface area contributed by atoms with Crippen molar-refractivity contribution in [1.29, 1.82) is 5.26 Å². The van der Waals surface area contributed by atoms with E-state index in [9.17, 15) is 19.6 Å². The Morgan fingerprint density at radius 2 is 1.67 bits per heavy atom. The molecule has 254 valence electrons. The summed E-state index contributed by atoms with van der Waals surface area (Å²) in [6, 6.07) is 14.8. The van der Waals surface area contributed by atoms with E-state index in [1.165, 1.54) is 4.90 Å². The number of nitrogens with zero attached hydrogens (tertiary/aromatic N) is 8. The van der Waals surface area contributed by atoms with Crippen LogP contribution in [0.5, 0.6) is 0 Å². The molecule has 2 aliphatic heterocycles. The SMILES string of the molecule is CN(C)C(=O)c1cc2cnc(Nc3ccc(N4CC5CCC(CC4=O)N5C(=O)OC(C)(C)C)cn3)nc2n1-c1ccc(C(C)(C)C#N)cc1. The third kappa shape index (κ3) is 6.63. The van der Waals surface area contributed by atoms with Crippen molar-refractivity contribution in [3.05, 3.63) is 66.1 Å². The summed E-state index contributed by atoms with van der Waals surface area (Å²) in [6.45, 7) is 9.59. The zero-order valence-electron chi connectivity index (χ0n) is 28.9. The van der Waals surface area contributed by atoms with Gasteiger partial charge in [0.25, 0.3) is 5.91 Å². The minimum absolute atomic E-state index is 0.0647. The van der Waals surface area contributed by atoms with Gasteiger partial charge in [-0.05, 0) is 83.4 Å². The minimum Gasteiger partial charge on any atom is -0.444 e. The van der Waals surface area contributed by atoms with Crippen LogP contribution in [0.2, 0.25) is 0 Å². The van der Waals surface area contributed by atoms with E-state index in [-0.39, 0.29) is 42.4 Å². The Bertz CT molecular complexity index is 1950. The fraction of sp³-hybridized carbons (Fsp3) is 0.417. The maximum Gasteiger partial charge on any atom is 0.410 e. The second kappa shape index (κ2) is 12.5. The predicted octanol–water partition coefficient (Wildman–Crippen LogP) is 5.57. The first-order valence-electron chi connectivity index (χ1n) is 16.3. The van der Waals surface area contributed by atoms with E-state index in [1.54, 1.807) is 53.0 Å². The summed E-state index contributed by atoms with van der Waals surface area (Å²) in [5.41, 5.74) is 1.86. The molecule has 13 nitrogen and oxygen atoms in total. The molecule has 0 radical (unpaired) electrons. The molecule has 49 heavy (non-hydrogen) atoms. The van der Waals surface area contributed by atoms with Crippen LogP contribution in [0.15, 0.2) is 54.9 Å². The van der Waals surface area contributed by atoms with Crippen molar-refractivity contribution in [1.82, 2.24) is 29.3 Å². The number of aromatic nitrogens is 4. The first-order chi connectivity index (χ1) is 23.1. The van der Waals surface area contributed by atoms with Crippen LogP contribution in [0, 0.1) is 11.3 Å². The average molecular weight is 664 g/mol. The molecule has 0 spiro atoms. The van der Waals surface area contributed by atoms with Crippen molar-refractivity contribution in [2.45, 2.75) is 77.0 Å². The average Bonchev–Trinajstić information content (AvgIpc) is 3.59. The Morgan fingerprint density at radius 1 is 0.980 bits per heavy atom. The molecule has 13 heteroatoms. The van der Waals surface area contributed by atoms with Crippen molar-refractivity contribution >= 4 is 46.4 Å². The quantitative estimate of drug-likeness (QED) is 0.280. The maximum atomic E-state index is 13.3. The van der Waals surface area contributed by atoms with Crippen molar-refractivity contribution in [2.75, 3.05) is 30.9 Å². The van der Waals surface area contributed by atoms with Gasteiger partial charge in [-0.15, -0.1) is 0 Å². The number of ether oxygens (including phenoxy) is 1. The molecule has 1 N–H and O–H groups in total. The highest BCUT2D eigenvalue weighted by atomic mass is 16.6. The molecule has 1 aromatic carbocycles. The summed E-state index contributed by atoms with van der Waals surface area (Å²) >= 11 is 0. The first kappa shape index (κ1) is 33.4. The summed E-state index contributed by atoms with van der Waals surface area (Å²) in [6.07, 6.45) is 4.68. The minimum atomic E-state index is -0.665. The zero-order chi connectivity index (χ0) is 35.2. The van der Waals surface area contributed by atoms with Crippen molar-refractivity contribution < 1.29 is 19.1 Å². The molecule has 3 amide bonds. The molecule has 2 saturated heterocycles. The van der Waals surface area contributed by atoms with Crippen molar-refractivity contribution in [3.8, 4) is 11.8 Å². The number of rotatable bonds is 6. The van der Waals surface area contributed by atoms with E-state index in [2.05, 4.69) is 21.4 Å². The van der Waals surface area contributed by atoms with Gasteiger partial charge >= 0.3 is 6.09 Å². The van der Waals surface area contributed by atoms with E-state index in [1.807, 2.05) is 65.0 Å². The van der Waals surface area contributed by atoms with Crippen molar-refractivity contribution in [3.63, 3.8) is 0 Å². The van der Waals surface area contributed by atoms with Gasteiger partial charge in [-0.3, -0.25) is 19.1 Å². The molecule has 2 fully saturated rings. The number of pyridine rings is 1. The summed E-state index contributed by atoms with van der Waals surface area (Å²) in [5, 5.41) is 13.4. The topological polar surface area (TPSA) is 150 Å². The fourth-order valence-corrected chi connectivity index (χ4v) is 6.35. The van der Waals surface area contributed by atoms with Crippen LogP contribution < -0.4 is 10.2 Å². The van der Waals surface area contributed by atoms with Crippen LogP contribution in [0.3, 0.4) is 0 Å². The lowest BCUT2D eigenvalue weighted by atomic mass is 9.86. The lowest BCUT2D eigenvalue weighted by Gasteiger charge is -2.31. The molecule has 3 aromatic heterocycles. The first-order valence-corrected chi connectivity index (χ1v) is 16.3. The Labute approximate surface area is 285 Å². The van der Waals surface area contributed by atoms with Gasteiger partial charge in [0.05, 0.1) is 29.4 Å². The second-order valence-electron chi connectivity index (χ2n) is 14.3. The number of amides is 3. The molecule has 5 heterocycles. The Hall–Kier alpha value is -5.51. The molecule has 0 saturated carbocycles. The third-order valence-corrected chi connectivity index (χ3v) is 8.92. The smallest absolute Gasteiger partial charge is 0.410 e. The fourth-order valence-electron chi connectivity index (χ4n) is 6.35. The number of anilines is 3. The third-order valence-electron chi connectivity index (χ3n) is 8.92. The van der Waals surface area contributed by atoms with Crippen LogP contribution >= 0.6 is 0 Å². The van der Waals surface area contributed by atoms with Crippen LogP contribution in [-0.2, 0) is 14.9 Å². The molecular weight excluding hydrogens is 622 g/mol. The summed E-state index contributed by atoms with van der Waals surface area (Å²) in [7, 11) is 3.38. The van der Waals surface area contributed by atoms with Gasteiger partial charge in [0.1, 0.15) is 17.1 Å². The molecule has 2 bridgehead atoms. The van der Waals surface area contributed by atoms with Gasteiger partial charge in [-0.25, -0.2) is 14.8 Å². The summed E-state index contributed by atoms with van der Waals surface area (Å²) in [5.74, 6) is 0.476. The number of nitriles is 1. The van der Waals surface area contributed by atoms with E-state index in [0.29, 0.717) is 40.5 Å². The predicted molar refractivity (Wildman–Crippen MR) is 185 cm³/mol. The lowest BCUT2D eigenvalue weighted by molar-refractivity contribution is -0.119. The number of benzene rings is 1. The van der Waals surface area contributed by atoms with E-state index in [0.717, 1.165) is 18.4 Å². The largest absolute Gasteiger partial charge is 0.444 e. The van der Waals surface area contributed by atoms with Crippen LogP contribution in [0.4, 0.5) is 22.2 Å². The lowest BCUT2D eigenvalue weighted by Crippen LogP contribution is -2.45. The van der Waals surface area contributed by atoms with Gasteiger partial charge in [0.2, 0.25) is 11.9 Å². The Morgan fingerprint density at radius 3 is 2.31 bits per heavy atom. The number of hydrogen-bond acceptors (Lipinski definition) is 9. The molecule has 2 atom stereocenters. The Balaban J connectivity index is 1.25. The second-order valence-corrected chi connectivity index (χ2v) is 14.3. The Kier molecular flexibility index (Phi) is 8.52. The highest BCUT2D eigenvalue weighted by molar-refractivity contribution is 5.99. The van der Waals surface area contributed by atoms with Crippen LogP contribution in [-0.4, -0.2) is 85.6 Å². The maximum absolute atomic E-state index is 13.3. The summed E-state index contributed by atoms with van der Waals surface area (Å²) in [4.78, 5) is 58.3. The molecule has 4 aromatic rings. The molecule has 0 aliphatic carbocycles. The van der Waals surface area contributed by atoms with Gasteiger partial charge in [-0.2, -0.15) is 10.2 Å². The molecule has 6 rings (SSSR count). The van der Waals surface area contributed by atoms with Gasteiger partial charge in [0.15, 0.2) is 5.65 Å². The normalized spacial score (nSPS) is 17.9. The molecular formula is C36H41N9O4. The number of nitrogens with one attached hydrogen (secondary N) is 1. The number of carbonyl (C=O) groups excluding carboxylic acids is 3. The highest BCUT2D eigenvalue weighted by Gasteiger charge is 2.44. The van der Waals surface area contributed by atoms with E-state index >= 15 is 0 Å². The standard InChI is InChI=1S/C36H41N9O4/c1-35(2,3)49-34(48)44-25-12-13-27(44)20-43(30(46)17-25)26-14-15-29(38-19-26)40-33-39-18-22-16-28(32(47)42(6)7)45(31(22)41-33)24-10-8-23(9-11-24)36(4,5)21-37/h8-11,14-16,18-19,25,27H,12-13,17,20H2,1-7H3,(H,38,39,40,41). The van der Waals surface area contributed by atoms with Gasteiger partial charge in [-0.1, -0.05) is 12.1 Å². The van der Waals surface area contributed by atoms with Gasteiger partial charge in [0, 0.05) is 50.4 Å². The number of carbonyl (C=O) groups is 3. The number of fused-ring (bicyclic) bond motifs is 3. The van der Waals surface area contributed by atoms with Gasteiger partial charge < -0.3 is 19.9 Å². The number of hydrogen-bond donors (Lipinski definition) is 1. The monoisotopic (exact) mass is 663 g/mol. The zero-order valence-corrected chi connectivity index (χ0v) is 28.9.